The van der Waals surface area contributed by atoms with Crippen molar-refractivity contribution in [1.82, 2.24) is 5.32 Å². The normalized spacial score (nSPS) is 22.2. The first-order valence-corrected chi connectivity index (χ1v) is 8.65. The summed E-state index contributed by atoms with van der Waals surface area (Å²) in [5.41, 5.74) is 2.06. The second-order valence-corrected chi connectivity index (χ2v) is 7.16. The summed E-state index contributed by atoms with van der Waals surface area (Å²) in [5.74, 6) is 0.364. The minimum absolute atomic E-state index is 0.109. The molecule has 21 heavy (non-hydrogen) atoms. The SMILES string of the molecule is Fc1ccc(Br)cc1C1CCNCC1c1ccccc1Br. The van der Waals surface area contributed by atoms with Gasteiger partial charge in [0.2, 0.25) is 0 Å². The number of hydrogen-bond acceptors (Lipinski definition) is 1. The minimum Gasteiger partial charge on any atom is -0.316 e. The van der Waals surface area contributed by atoms with Gasteiger partial charge in [-0.05, 0) is 54.3 Å². The summed E-state index contributed by atoms with van der Waals surface area (Å²) < 4.78 is 16.3. The molecule has 0 saturated carbocycles. The highest BCUT2D eigenvalue weighted by Crippen LogP contribution is 2.41. The van der Waals surface area contributed by atoms with Crippen molar-refractivity contribution < 1.29 is 4.39 Å². The molecular weight excluding hydrogens is 397 g/mol. The fraction of sp³-hybridized carbons (Fsp3) is 0.294. The van der Waals surface area contributed by atoms with Gasteiger partial charge in [0.05, 0.1) is 0 Å². The molecule has 0 aliphatic carbocycles. The lowest BCUT2D eigenvalue weighted by Gasteiger charge is -2.33. The first-order chi connectivity index (χ1) is 10.2. The molecule has 1 fully saturated rings. The van der Waals surface area contributed by atoms with Crippen LogP contribution in [0.15, 0.2) is 51.4 Å². The van der Waals surface area contributed by atoms with E-state index in [1.54, 1.807) is 12.1 Å². The Morgan fingerprint density at radius 1 is 1.00 bits per heavy atom. The third kappa shape index (κ3) is 3.22. The van der Waals surface area contributed by atoms with Crippen LogP contribution in [-0.2, 0) is 0 Å². The summed E-state index contributed by atoms with van der Waals surface area (Å²) in [5, 5.41) is 3.44. The summed E-state index contributed by atoms with van der Waals surface area (Å²) in [6.45, 7) is 1.80. The zero-order valence-corrected chi connectivity index (χ0v) is 14.6. The molecule has 2 aromatic carbocycles. The molecule has 1 nitrogen and oxygen atoms in total. The maximum atomic E-state index is 14.3. The third-order valence-electron chi connectivity index (χ3n) is 4.14. The Kier molecular flexibility index (Phi) is 4.77. The second kappa shape index (κ2) is 6.59. The summed E-state index contributed by atoms with van der Waals surface area (Å²) in [7, 11) is 0. The van der Waals surface area contributed by atoms with Crippen molar-refractivity contribution in [2.75, 3.05) is 13.1 Å². The smallest absolute Gasteiger partial charge is 0.126 e. The highest BCUT2D eigenvalue weighted by atomic mass is 79.9. The van der Waals surface area contributed by atoms with E-state index in [0.717, 1.165) is 34.0 Å². The quantitative estimate of drug-likeness (QED) is 0.713. The number of hydrogen-bond donors (Lipinski definition) is 1. The molecule has 110 valence electrons. The van der Waals surface area contributed by atoms with Gasteiger partial charge < -0.3 is 5.32 Å². The van der Waals surface area contributed by atoms with E-state index in [0.29, 0.717) is 0 Å². The van der Waals surface area contributed by atoms with Crippen LogP contribution >= 0.6 is 31.9 Å². The molecule has 4 heteroatoms. The number of nitrogens with one attached hydrogen (secondary N) is 1. The van der Waals surface area contributed by atoms with Crippen LogP contribution in [0.25, 0.3) is 0 Å². The van der Waals surface area contributed by atoms with Crippen LogP contribution in [0.3, 0.4) is 0 Å². The number of piperidine rings is 1. The molecule has 2 aromatic rings. The Labute approximate surface area is 141 Å². The lowest BCUT2D eigenvalue weighted by molar-refractivity contribution is 0.392. The Bertz CT molecular complexity index is 644. The molecule has 1 aliphatic heterocycles. The first-order valence-electron chi connectivity index (χ1n) is 7.07. The third-order valence-corrected chi connectivity index (χ3v) is 5.36. The predicted octanol–water partition coefficient (Wildman–Crippen LogP) is 5.21. The summed E-state index contributed by atoms with van der Waals surface area (Å²) >= 11 is 7.10. The maximum absolute atomic E-state index is 14.3. The standard InChI is InChI=1S/C17H16Br2FN/c18-11-5-6-17(20)14(9-11)12-7-8-21-10-15(12)13-3-1-2-4-16(13)19/h1-6,9,12,15,21H,7-8,10H2. The van der Waals surface area contributed by atoms with E-state index in [-0.39, 0.29) is 17.7 Å². The summed E-state index contributed by atoms with van der Waals surface area (Å²) in [4.78, 5) is 0. The van der Waals surface area contributed by atoms with E-state index in [9.17, 15) is 4.39 Å². The lowest BCUT2D eigenvalue weighted by atomic mass is 9.77. The topological polar surface area (TPSA) is 12.0 Å². The van der Waals surface area contributed by atoms with Gasteiger partial charge in [0, 0.05) is 21.4 Å². The van der Waals surface area contributed by atoms with Crippen molar-refractivity contribution in [3.05, 3.63) is 68.4 Å². The highest BCUT2D eigenvalue weighted by Gasteiger charge is 2.30. The van der Waals surface area contributed by atoms with Crippen molar-refractivity contribution in [2.24, 2.45) is 0 Å². The molecule has 2 atom stereocenters. The molecular formula is C17H16Br2FN. The Balaban J connectivity index is 2.02. The maximum Gasteiger partial charge on any atom is 0.126 e. The minimum atomic E-state index is -0.109. The Hall–Kier alpha value is -0.710. The van der Waals surface area contributed by atoms with E-state index in [2.05, 4.69) is 49.3 Å². The van der Waals surface area contributed by atoms with E-state index >= 15 is 0 Å². The Morgan fingerprint density at radius 3 is 2.62 bits per heavy atom. The largest absolute Gasteiger partial charge is 0.316 e. The Morgan fingerprint density at radius 2 is 1.81 bits per heavy atom. The van der Waals surface area contributed by atoms with Crippen molar-refractivity contribution in [1.29, 1.82) is 0 Å². The van der Waals surface area contributed by atoms with Crippen LogP contribution < -0.4 is 5.32 Å². The van der Waals surface area contributed by atoms with E-state index < -0.39 is 0 Å². The number of benzene rings is 2. The zero-order chi connectivity index (χ0) is 14.8. The monoisotopic (exact) mass is 411 g/mol. The van der Waals surface area contributed by atoms with Crippen LogP contribution in [0.4, 0.5) is 4.39 Å². The average molecular weight is 413 g/mol. The van der Waals surface area contributed by atoms with E-state index in [4.69, 9.17) is 0 Å². The molecule has 0 spiro atoms. The molecule has 0 bridgehead atoms. The number of halogens is 3. The molecule has 1 aliphatic rings. The molecule has 0 aromatic heterocycles. The van der Waals surface area contributed by atoms with Crippen LogP contribution in [-0.4, -0.2) is 13.1 Å². The van der Waals surface area contributed by atoms with Gasteiger partial charge in [-0.15, -0.1) is 0 Å². The van der Waals surface area contributed by atoms with Gasteiger partial charge in [-0.3, -0.25) is 0 Å². The van der Waals surface area contributed by atoms with E-state index in [1.165, 1.54) is 5.56 Å². The molecule has 1 heterocycles. The zero-order valence-electron chi connectivity index (χ0n) is 11.5. The summed E-state index contributed by atoms with van der Waals surface area (Å²) in [6, 6.07) is 13.5. The van der Waals surface area contributed by atoms with Crippen molar-refractivity contribution in [2.45, 2.75) is 18.3 Å². The first kappa shape index (κ1) is 15.2. The van der Waals surface area contributed by atoms with Crippen LogP contribution in [0.1, 0.15) is 29.4 Å². The van der Waals surface area contributed by atoms with Gasteiger partial charge >= 0.3 is 0 Å². The van der Waals surface area contributed by atoms with Crippen LogP contribution in [0, 0.1) is 5.82 Å². The van der Waals surface area contributed by atoms with Gasteiger partial charge in [0.1, 0.15) is 5.82 Å². The molecule has 3 rings (SSSR count). The molecule has 0 amide bonds. The van der Waals surface area contributed by atoms with Gasteiger partial charge in [0.25, 0.3) is 0 Å². The summed E-state index contributed by atoms with van der Waals surface area (Å²) in [6.07, 6.45) is 0.944. The van der Waals surface area contributed by atoms with E-state index in [1.807, 2.05) is 18.2 Å². The van der Waals surface area contributed by atoms with Gasteiger partial charge in [-0.25, -0.2) is 4.39 Å². The van der Waals surface area contributed by atoms with Gasteiger partial charge in [0.15, 0.2) is 0 Å². The van der Waals surface area contributed by atoms with Crippen molar-refractivity contribution in [3.63, 3.8) is 0 Å². The second-order valence-electron chi connectivity index (χ2n) is 5.39. The number of rotatable bonds is 2. The molecule has 1 saturated heterocycles. The van der Waals surface area contributed by atoms with Crippen LogP contribution in [0.5, 0.6) is 0 Å². The predicted molar refractivity (Wildman–Crippen MR) is 91.2 cm³/mol. The molecule has 2 unspecified atom stereocenters. The van der Waals surface area contributed by atoms with Gasteiger partial charge in [-0.2, -0.15) is 0 Å². The fourth-order valence-electron chi connectivity index (χ4n) is 3.13. The lowest BCUT2D eigenvalue weighted by Crippen LogP contribution is -2.34. The van der Waals surface area contributed by atoms with Gasteiger partial charge in [-0.1, -0.05) is 50.1 Å². The molecule has 1 N–H and O–H groups in total. The highest BCUT2D eigenvalue weighted by molar-refractivity contribution is 9.10. The van der Waals surface area contributed by atoms with Crippen LogP contribution in [0.2, 0.25) is 0 Å². The van der Waals surface area contributed by atoms with Crippen molar-refractivity contribution >= 4 is 31.9 Å². The fourth-order valence-corrected chi connectivity index (χ4v) is 4.09. The molecule has 0 radical (unpaired) electrons. The van der Waals surface area contributed by atoms with Crippen molar-refractivity contribution in [3.8, 4) is 0 Å². The average Bonchev–Trinajstić information content (AvgIpc) is 2.50.